The maximum absolute atomic E-state index is 9.58. The van der Waals surface area contributed by atoms with Gasteiger partial charge in [0.25, 0.3) is 0 Å². The molecule has 3 heterocycles. The quantitative estimate of drug-likeness (QED) is 0.910. The van der Waals surface area contributed by atoms with Crippen LogP contribution < -0.4 is 0 Å². The van der Waals surface area contributed by atoms with E-state index in [1.807, 2.05) is 18.3 Å². The van der Waals surface area contributed by atoms with Crippen LogP contribution in [-0.4, -0.2) is 39.2 Å². The predicted octanol–water partition coefficient (Wildman–Crippen LogP) is 4.00. The number of thiophene rings is 1. The second-order valence-electron chi connectivity index (χ2n) is 7.37. The normalized spacial score (nSPS) is 23.3. The summed E-state index contributed by atoms with van der Waals surface area (Å²) in [7, 11) is 0. The maximum Gasteiger partial charge on any atom is 0.127 e. The van der Waals surface area contributed by atoms with Crippen molar-refractivity contribution in [3.63, 3.8) is 0 Å². The first kappa shape index (κ1) is 16.4. The first-order valence-corrected chi connectivity index (χ1v) is 10.2. The lowest BCUT2D eigenvalue weighted by atomic mass is 9.88. The molecule has 2 aromatic rings. The summed E-state index contributed by atoms with van der Waals surface area (Å²) >= 11 is 1.88. The van der Waals surface area contributed by atoms with Crippen LogP contribution in [0.5, 0.6) is 0 Å². The standard InChI is InChI=1S/C19H27N3OS/c1-13-20-17(11-22-9-5-8-15(22)12-23)16-10-18(24-19(16)21-13)14-6-3-2-4-7-14/h10,14-15,23H,2-9,11-12H2,1H3/t15-/m0/s1. The number of nitrogens with zero attached hydrogens (tertiary/aromatic N) is 3. The lowest BCUT2D eigenvalue weighted by Gasteiger charge is -2.22. The fourth-order valence-corrected chi connectivity index (χ4v) is 5.60. The van der Waals surface area contributed by atoms with E-state index >= 15 is 0 Å². The van der Waals surface area contributed by atoms with Crippen LogP contribution in [0.25, 0.3) is 10.2 Å². The van der Waals surface area contributed by atoms with Crippen molar-refractivity contribution in [3.05, 3.63) is 22.5 Å². The number of aryl methyl sites for hydroxylation is 1. The molecule has 1 saturated carbocycles. The number of hydrogen-bond acceptors (Lipinski definition) is 5. The topological polar surface area (TPSA) is 49.2 Å². The number of hydrogen-bond donors (Lipinski definition) is 1. The Morgan fingerprint density at radius 3 is 2.79 bits per heavy atom. The first-order valence-electron chi connectivity index (χ1n) is 9.36. The second kappa shape index (κ2) is 7.06. The molecule has 0 unspecified atom stereocenters. The Kier molecular flexibility index (Phi) is 4.83. The average molecular weight is 346 g/mol. The van der Waals surface area contributed by atoms with Gasteiger partial charge in [-0.25, -0.2) is 9.97 Å². The minimum absolute atomic E-state index is 0.254. The molecule has 130 valence electrons. The first-order chi connectivity index (χ1) is 11.7. The van der Waals surface area contributed by atoms with E-state index in [2.05, 4.69) is 11.0 Å². The maximum atomic E-state index is 9.58. The van der Waals surface area contributed by atoms with Gasteiger partial charge in [-0.3, -0.25) is 4.90 Å². The van der Waals surface area contributed by atoms with Crippen LogP contribution in [0.4, 0.5) is 0 Å². The summed E-state index contributed by atoms with van der Waals surface area (Å²) in [5, 5.41) is 10.8. The van der Waals surface area contributed by atoms with Crippen molar-refractivity contribution in [1.29, 1.82) is 0 Å². The molecule has 1 atom stereocenters. The third-order valence-corrected chi connectivity index (χ3v) is 6.86. The Morgan fingerprint density at radius 2 is 2.00 bits per heavy atom. The van der Waals surface area contributed by atoms with Crippen LogP contribution in [0.2, 0.25) is 0 Å². The zero-order valence-corrected chi connectivity index (χ0v) is 15.3. The van der Waals surface area contributed by atoms with Crippen LogP contribution >= 0.6 is 11.3 Å². The van der Waals surface area contributed by atoms with E-state index in [4.69, 9.17) is 9.97 Å². The highest BCUT2D eigenvalue weighted by molar-refractivity contribution is 7.18. The van der Waals surface area contributed by atoms with Crippen molar-refractivity contribution in [2.75, 3.05) is 13.2 Å². The largest absolute Gasteiger partial charge is 0.395 e. The Bertz CT molecular complexity index is 708. The number of aliphatic hydroxyl groups is 1. The van der Waals surface area contributed by atoms with Crippen molar-refractivity contribution >= 4 is 21.6 Å². The van der Waals surface area contributed by atoms with Gasteiger partial charge < -0.3 is 5.11 Å². The summed E-state index contributed by atoms with van der Waals surface area (Å²) in [4.78, 5) is 14.5. The lowest BCUT2D eigenvalue weighted by Crippen LogP contribution is -2.32. The fraction of sp³-hybridized carbons (Fsp3) is 0.684. The van der Waals surface area contributed by atoms with Gasteiger partial charge in [0.2, 0.25) is 0 Å². The van der Waals surface area contributed by atoms with Crippen LogP contribution in [0.15, 0.2) is 6.07 Å². The predicted molar refractivity (Wildman–Crippen MR) is 98.5 cm³/mol. The molecule has 4 rings (SSSR count). The molecular formula is C19H27N3OS. The third kappa shape index (κ3) is 3.22. The van der Waals surface area contributed by atoms with Gasteiger partial charge in [-0.05, 0) is 51.1 Å². The third-order valence-electron chi connectivity index (χ3n) is 5.67. The van der Waals surface area contributed by atoms with E-state index in [-0.39, 0.29) is 6.61 Å². The highest BCUT2D eigenvalue weighted by Crippen LogP contribution is 2.39. The van der Waals surface area contributed by atoms with Crippen molar-refractivity contribution in [3.8, 4) is 0 Å². The molecule has 1 aliphatic carbocycles. The van der Waals surface area contributed by atoms with Crippen molar-refractivity contribution < 1.29 is 5.11 Å². The number of aliphatic hydroxyl groups excluding tert-OH is 1. The number of rotatable bonds is 4. The Labute approximate surface area is 147 Å². The van der Waals surface area contributed by atoms with E-state index in [1.54, 1.807) is 0 Å². The van der Waals surface area contributed by atoms with E-state index in [9.17, 15) is 5.11 Å². The molecule has 1 N–H and O–H groups in total. The molecule has 4 nitrogen and oxygen atoms in total. The van der Waals surface area contributed by atoms with E-state index in [0.29, 0.717) is 6.04 Å². The summed E-state index contributed by atoms with van der Waals surface area (Å²) in [5.74, 6) is 1.59. The minimum Gasteiger partial charge on any atom is -0.395 e. The molecule has 2 aliphatic rings. The highest BCUT2D eigenvalue weighted by Gasteiger charge is 2.26. The molecule has 0 aromatic carbocycles. The summed E-state index contributed by atoms with van der Waals surface area (Å²) in [5.41, 5.74) is 1.15. The Morgan fingerprint density at radius 1 is 1.17 bits per heavy atom. The molecule has 0 spiro atoms. The van der Waals surface area contributed by atoms with Gasteiger partial charge in [-0.1, -0.05) is 19.3 Å². The van der Waals surface area contributed by atoms with Gasteiger partial charge in [0.05, 0.1) is 12.3 Å². The summed E-state index contributed by atoms with van der Waals surface area (Å²) < 4.78 is 0. The van der Waals surface area contributed by atoms with E-state index < -0.39 is 0 Å². The summed E-state index contributed by atoms with van der Waals surface area (Å²) in [6.45, 7) is 4.15. The number of likely N-dealkylation sites (tertiary alicyclic amines) is 1. The number of aromatic nitrogens is 2. The minimum atomic E-state index is 0.254. The molecule has 0 bridgehead atoms. The molecule has 1 aliphatic heterocycles. The van der Waals surface area contributed by atoms with Gasteiger partial charge in [0.1, 0.15) is 10.7 Å². The number of fused-ring (bicyclic) bond motifs is 1. The van der Waals surface area contributed by atoms with Gasteiger partial charge in [0, 0.05) is 22.8 Å². The fourth-order valence-electron chi connectivity index (χ4n) is 4.33. The monoisotopic (exact) mass is 345 g/mol. The Balaban J connectivity index is 1.65. The zero-order chi connectivity index (χ0) is 16.5. The van der Waals surface area contributed by atoms with Crippen molar-refractivity contribution in [1.82, 2.24) is 14.9 Å². The average Bonchev–Trinajstić information content (AvgIpc) is 3.22. The molecule has 24 heavy (non-hydrogen) atoms. The molecule has 0 amide bonds. The lowest BCUT2D eigenvalue weighted by molar-refractivity contribution is 0.153. The summed E-state index contributed by atoms with van der Waals surface area (Å²) in [6, 6.07) is 2.67. The van der Waals surface area contributed by atoms with Gasteiger partial charge >= 0.3 is 0 Å². The molecular weight excluding hydrogens is 318 g/mol. The molecule has 2 aromatic heterocycles. The highest BCUT2D eigenvalue weighted by atomic mass is 32.1. The SMILES string of the molecule is Cc1nc(CN2CCC[C@H]2CO)c2cc(C3CCCCC3)sc2n1. The van der Waals surface area contributed by atoms with Gasteiger partial charge in [-0.15, -0.1) is 11.3 Å². The van der Waals surface area contributed by atoms with Gasteiger partial charge in [0.15, 0.2) is 0 Å². The smallest absolute Gasteiger partial charge is 0.127 e. The molecule has 5 heteroatoms. The van der Waals surface area contributed by atoms with Gasteiger partial charge in [-0.2, -0.15) is 0 Å². The van der Waals surface area contributed by atoms with E-state index in [1.165, 1.54) is 48.8 Å². The zero-order valence-electron chi connectivity index (χ0n) is 14.5. The van der Waals surface area contributed by atoms with Crippen LogP contribution in [0.3, 0.4) is 0 Å². The summed E-state index contributed by atoms with van der Waals surface area (Å²) in [6.07, 6.45) is 9.05. The van der Waals surface area contributed by atoms with Crippen molar-refractivity contribution in [2.45, 2.75) is 70.4 Å². The van der Waals surface area contributed by atoms with Crippen LogP contribution in [-0.2, 0) is 6.54 Å². The van der Waals surface area contributed by atoms with E-state index in [0.717, 1.165) is 41.8 Å². The van der Waals surface area contributed by atoms with Crippen LogP contribution in [0.1, 0.15) is 67.3 Å². The van der Waals surface area contributed by atoms with Crippen molar-refractivity contribution in [2.24, 2.45) is 0 Å². The Hall–Kier alpha value is -1.04. The van der Waals surface area contributed by atoms with Crippen LogP contribution in [0, 0.1) is 6.92 Å². The molecule has 1 saturated heterocycles. The molecule has 2 fully saturated rings. The molecule has 0 radical (unpaired) electrons. The second-order valence-corrected chi connectivity index (χ2v) is 8.43.